The summed E-state index contributed by atoms with van der Waals surface area (Å²) in [7, 11) is 1.82. The number of carbonyl (C=O) groups excluding carboxylic acids is 1. The van der Waals surface area contributed by atoms with Crippen molar-refractivity contribution in [1.29, 1.82) is 0 Å². The normalized spacial score (nSPS) is 9.88. The average molecular weight is 238 g/mol. The Morgan fingerprint density at radius 3 is 2.81 bits per heavy atom. The van der Waals surface area contributed by atoms with Crippen LogP contribution in [0, 0.1) is 0 Å². The van der Waals surface area contributed by atoms with Crippen molar-refractivity contribution < 1.29 is 4.79 Å². The second kappa shape index (κ2) is 7.17. The topological polar surface area (TPSA) is 41.1 Å². The predicted molar refractivity (Wildman–Crippen MR) is 71.3 cm³/mol. The lowest BCUT2D eigenvalue weighted by molar-refractivity contribution is 0.0954. The second-order valence-corrected chi connectivity index (χ2v) is 4.38. The molecule has 1 aromatic carbocycles. The number of benzene rings is 1. The van der Waals surface area contributed by atoms with Gasteiger partial charge in [-0.25, -0.2) is 0 Å². The lowest BCUT2D eigenvalue weighted by Gasteiger charge is -2.09. The van der Waals surface area contributed by atoms with E-state index in [9.17, 15) is 4.79 Å². The van der Waals surface area contributed by atoms with Crippen LogP contribution in [0.2, 0.25) is 0 Å². The van der Waals surface area contributed by atoms with Crippen molar-refractivity contribution in [1.82, 2.24) is 5.32 Å². The molecule has 0 bridgehead atoms. The first kappa shape index (κ1) is 12.9. The summed E-state index contributed by atoms with van der Waals surface area (Å²) >= 11 is 1.79. The van der Waals surface area contributed by atoms with Crippen LogP contribution in [-0.2, 0) is 0 Å². The first-order valence-corrected chi connectivity index (χ1v) is 6.73. The van der Waals surface area contributed by atoms with E-state index in [-0.39, 0.29) is 5.91 Å². The van der Waals surface area contributed by atoms with Crippen LogP contribution in [0.1, 0.15) is 16.8 Å². The first-order chi connectivity index (χ1) is 7.79. The summed E-state index contributed by atoms with van der Waals surface area (Å²) in [6, 6.07) is 7.51. The highest BCUT2D eigenvalue weighted by Gasteiger charge is 2.08. The van der Waals surface area contributed by atoms with Gasteiger partial charge in [0.15, 0.2) is 0 Å². The summed E-state index contributed by atoms with van der Waals surface area (Å²) in [6.45, 7) is 0.734. The third-order valence-electron chi connectivity index (χ3n) is 2.25. The first-order valence-electron chi connectivity index (χ1n) is 5.33. The molecule has 0 atom stereocenters. The maximum atomic E-state index is 11.8. The third-order valence-corrected chi connectivity index (χ3v) is 2.95. The fourth-order valence-corrected chi connectivity index (χ4v) is 1.85. The minimum atomic E-state index is -0.00828. The molecule has 0 fully saturated rings. The zero-order valence-corrected chi connectivity index (χ0v) is 10.6. The number of amides is 1. The largest absolute Gasteiger partial charge is 0.387 e. The van der Waals surface area contributed by atoms with E-state index in [1.807, 2.05) is 31.3 Å². The van der Waals surface area contributed by atoms with E-state index >= 15 is 0 Å². The maximum Gasteiger partial charge on any atom is 0.253 e. The molecule has 4 heteroatoms. The van der Waals surface area contributed by atoms with Crippen LogP contribution in [-0.4, -0.2) is 31.5 Å². The molecule has 16 heavy (non-hydrogen) atoms. The maximum absolute atomic E-state index is 11.8. The highest BCUT2D eigenvalue weighted by atomic mass is 32.2. The van der Waals surface area contributed by atoms with Crippen molar-refractivity contribution in [2.24, 2.45) is 0 Å². The minimum absolute atomic E-state index is 0.00828. The van der Waals surface area contributed by atoms with Crippen molar-refractivity contribution in [2.45, 2.75) is 6.42 Å². The standard InChI is InChI=1S/C12H18N2OS/c1-13-11-7-4-3-6-10(11)12(15)14-8-5-9-16-2/h3-4,6-7,13H,5,8-9H2,1-2H3,(H,14,15). The van der Waals surface area contributed by atoms with Gasteiger partial charge in [-0.2, -0.15) is 11.8 Å². The van der Waals surface area contributed by atoms with E-state index in [2.05, 4.69) is 16.9 Å². The average Bonchev–Trinajstić information content (AvgIpc) is 2.34. The summed E-state index contributed by atoms with van der Waals surface area (Å²) in [5.74, 6) is 1.07. The smallest absolute Gasteiger partial charge is 0.253 e. The van der Waals surface area contributed by atoms with Gasteiger partial charge in [-0.15, -0.1) is 0 Å². The molecule has 0 radical (unpaired) electrons. The van der Waals surface area contributed by atoms with Crippen LogP contribution < -0.4 is 10.6 Å². The summed E-state index contributed by atoms with van der Waals surface area (Å²) < 4.78 is 0. The Labute approximate surface area is 101 Å². The molecule has 0 aliphatic heterocycles. The quantitative estimate of drug-likeness (QED) is 0.747. The number of nitrogens with one attached hydrogen (secondary N) is 2. The van der Waals surface area contributed by atoms with Gasteiger partial charge in [0.05, 0.1) is 5.56 Å². The lowest BCUT2D eigenvalue weighted by atomic mass is 10.1. The Balaban J connectivity index is 2.52. The molecule has 0 spiro atoms. The predicted octanol–water partition coefficient (Wildman–Crippen LogP) is 2.21. The summed E-state index contributed by atoms with van der Waals surface area (Å²) in [4.78, 5) is 11.8. The lowest BCUT2D eigenvalue weighted by Crippen LogP contribution is -2.25. The van der Waals surface area contributed by atoms with E-state index in [4.69, 9.17) is 0 Å². The summed E-state index contributed by atoms with van der Waals surface area (Å²) in [6.07, 6.45) is 3.08. The fraction of sp³-hybridized carbons (Fsp3) is 0.417. The highest BCUT2D eigenvalue weighted by molar-refractivity contribution is 7.98. The van der Waals surface area contributed by atoms with Gasteiger partial charge in [0.2, 0.25) is 0 Å². The van der Waals surface area contributed by atoms with Gasteiger partial charge in [-0.3, -0.25) is 4.79 Å². The van der Waals surface area contributed by atoms with Crippen molar-refractivity contribution in [3.05, 3.63) is 29.8 Å². The number of para-hydroxylation sites is 1. The highest BCUT2D eigenvalue weighted by Crippen LogP contribution is 2.13. The van der Waals surface area contributed by atoms with Crippen LogP contribution in [0.15, 0.2) is 24.3 Å². The Bertz CT molecular complexity index is 342. The molecular formula is C12H18N2OS. The van der Waals surface area contributed by atoms with Gasteiger partial charge in [0.25, 0.3) is 5.91 Å². The van der Waals surface area contributed by atoms with Crippen LogP contribution in [0.4, 0.5) is 5.69 Å². The fourth-order valence-electron chi connectivity index (χ4n) is 1.41. The summed E-state index contributed by atoms with van der Waals surface area (Å²) in [5.41, 5.74) is 1.57. The van der Waals surface area contributed by atoms with Crippen molar-refractivity contribution in [2.75, 3.05) is 30.9 Å². The molecule has 2 N–H and O–H groups in total. The number of hydrogen-bond donors (Lipinski definition) is 2. The molecule has 1 amide bonds. The molecule has 0 heterocycles. The Kier molecular flexibility index (Phi) is 5.78. The Hall–Kier alpha value is -1.16. The van der Waals surface area contributed by atoms with E-state index in [1.165, 1.54) is 0 Å². The van der Waals surface area contributed by atoms with Crippen LogP contribution >= 0.6 is 11.8 Å². The molecule has 1 aromatic rings. The minimum Gasteiger partial charge on any atom is -0.387 e. The molecule has 0 aliphatic rings. The number of carbonyl (C=O) groups is 1. The van der Waals surface area contributed by atoms with E-state index in [0.717, 1.165) is 24.4 Å². The van der Waals surface area contributed by atoms with Crippen LogP contribution in [0.3, 0.4) is 0 Å². The molecule has 0 aromatic heterocycles. The molecule has 0 saturated heterocycles. The number of anilines is 1. The molecule has 1 rings (SSSR count). The van der Waals surface area contributed by atoms with Gasteiger partial charge in [0.1, 0.15) is 0 Å². The van der Waals surface area contributed by atoms with E-state index in [1.54, 1.807) is 11.8 Å². The van der Waals surface area contributed by atoms with E-state index in [0.29, 0.717) is 5.56 Å². The number of thioether (sulfide) groups is 1. The van der Waals surface area contributed by atoms with Crippen LogP contribution in [0.25, 0.3) is 0 Å². The third kappa shape index (κ3) is 3.77. The molecule has 0 aliphatic carbocycles. The van der Waals surface area contributed by atoms with E-state index < -0.39 is 0 Å². The molecular weight excluding hydrogens is 220 g/mol. The van der Waals surface area contributed by atoms with Gasteiger partial charge in [0, 0.05) is 19.3 Å². The Morgan fingerprint density at radius 2 is 2.12 bits per heavy atom. The second-order valence-electron chi connectivity index (χ2n) is 3.40. The molecule has 0 unspecified atom stereocenters. The molecule has 88 valence electrons. The van der Waals surface area contributed by atoms with Crippen LogP contribution in [0.5, 0.6) is 0 Å². The van der Waals surface area contributed by atoms with Crippen molar-refractivity contribution in [3.63, 3.8) is 0 Å². The molecule has 3 nitrogen and oxygen atoms in total. The van der Waals surface area contributed by atoms with Gasteiger partial charge < -0.3 is 10.6 Å². The zero-order chi connectivity index (χ0) is 11.8. The van der Waals surface area contributed by atoms with Gasteiger partial charge in [-0.05, 0) is 30.6 Å². The zero-order valence-electron chi connectivity index (χ0n) is 9.75. The van der Waals surface area contributed by atoms with Crippen molar-refractivity contribution >= 4 is 23.4 Å². The molecule has 0 saturated carbocycles. The number of hydrogen-bond acceptors (Lipinski definition) is 3. The summed E-state index contributed by atoms with van der Waals surface area (Å²) in [5, 5.41) is 5.93. The number of rotatable bonds is 6. The monoisotopic (exact) mass is 238 g/mol. The van der Waals surface area contributed by atoms with Gasteiger partial charge >= 0.3 is 0 Å². The van der Waals surface area contributed by atoms with Crippen molar-refractivity contribution in [3.8, 4) is 0 Å². The van der Waals surface area contributed by atoms with Gasteiger partial charge in [-0.1, -0.05) is 12.1 Å². The Morgan fingerprint density at radius 1 is 1.38 bits per heavy atom. The SMILES string of the molecule is CNc1ccccc1C(=O)NCCCSC.